The number of aromatic hydroxyl groups is 1. The molecule has 0 radical (unpaired) electrons. The van der Waals surface area contributed by atoms with Crippen molar-refractivity contribution < 1.29 is 14.6 Å². The lowest BCUT2D eigenvalue weighted by Crippen LogP contribution is -2.18. The zero-order chi connectivity index (χ0) is 13.2. The summed E-state index contributed by atoms with van der Waals surface area (Å²) in [6.45, 7) is 1.35. The van der Waals surface area contributed by atoms with Crippen LogP contribution in [0.4, 0.5) is 5.69 Å². The Morgan fingerprint density at radius 3 is 3.21 bits per heavy atom. The van der Waals surface area contributed by atoms with Crippen molar-refractivity contribution in [1.82, 2.24) is 9.78 Å². The number of hydrogen-bond acceptors (Lipinski definition) is 4. The third kappa shape index (κ3) is 2.24. The highest BCUT2D eigenvalue weighted by Crippen LogP contribution is 2.24. The monoisotopic (exact) mass is 259 g/mol. The number of nitrogens with zero attached hydrogens (tertiary/aromatic N) is 2. The maximum Gasteiger partial charge on any atom is 0.262 e. The van der Waals surface area contributed by atoms with Crippen LogP contribution in [0.1, 0.15) is 16.8 Å². The molecule has 2 N–H and O–H groups in total. The van der Waals surface area contributed by atoms with Crippen LogP contribution in [0.15, 0.2) is 30.5 Å². The zero-order valence-corrected chi connectivity index (χ0v) is 10.2. The first-order valence-electron chi connectivity index (χ1n) is 6.03. The largest absolute Gasteiger partial charge is 0.508 e. The molecule has 3 rings (SSSR count). The van der Waals surface area contributed by atoms with Crippen molar-refractivity contribution in [1.29, 1.82) is 0 Å². The van der Waals surface area contributed by atoms with Crippen molar-refractivity contribution in [2.75, 3.05) is 11.9 Å². The molecular weight excluding hydrogens is 246 g/mol. The first-order chi connectivity index (χ1) is 9.24. The van der Waals surface area contributed by atoms with Crippen LogP contribution in [0.25, 0.3) is 0 Å². The summed E-state index contributed by atoms with van der Waals surface area (Å²) in [5, 5.41) is 16.2. The summed E-state index contributed by atoms with van der Waals surface area (Å²) in [4.78, 5) is 12.1. The molecule has 1 aromatic carbocycles. The molecule has 0 atom stereocenters. The predicted octanol–water partition coefficient (Wildman–Crippen LogP) is 1.62. The van der Waals surface area contributed by atoms with Gasteiger partial charge in [-0.05, 0) is 12.1 Å². The van der Waals surface area contributed by atoms with E-state index in [1.54, 1.807) is 22.9 Å². The van der Waals surface area contributed by atoms with Gasteiger partial charge in [0.15, 0.2) is 0 Å². The molecule has 6 nitrogen and oxygen atoms in total. The number of benzene rings is 1. The van der Waals surface area contributed by atoms with Crippen molar-refractivity contribution in [2.24, 2.45) is 0 Å². The Morgan fingerprint density at radius 2 is 2.37 bits per heavy atom. The molecule has 1 aliphatic heterocycles. The molecule has 0 saturated heterocycles. The van der Waals surface area contributed by atoms with E-state index in [-0.39, 0.29) is 11.7 Å². The maximum atomic E-state index is 12.1. The van der Waals surface area contributed by atoms with Gasteiger partial charge >= 0.3 is 0 Å². The van der Waals surface area contributed by atoms with Crippen LogP contribution in [0, 0.1) is 0 Å². The Balaban J connectivity index is 1.83. The summed E-state index contributed by atoms with van der Waals surface area (Å²) in [6, 6.07) is 6.39. The quantitative estimate of drug-likeness (QED) is 0.859. The van der Waals surface area contributed by atoms with E-state index in [9.17, 15) is 9.90 Å². The second kappa shape index (κ2) is 4.64. The molecule has 98 valence electrons. The fourth-order valence-corrected chi connectivity index (χ4v) is 2.01. The Bertz CT molecular complexity index is 621. The number of carbonyl (C=O) groups excluding carboxylic acids is 1. The third-order valence-electron chi connectivity index (χ3n) is 2.89. The van der Waals surface area contributed by atoms with Crippen LogP contribution in [0.2, 0.25) is 0 Å². The van der Waals surface area contributed by atoms with E-state index < -0.39 is 0 Å². The molecule has 2 aromatic rings. The number of nitrogens with one attached hydrogen (secondary N) is 1. The lowest BCUT2D eigenvalue weighted by atomic mass is 10.2. The van der Waals surface area contributed by atoms with Crippen molar-refractivity contribution in [3.05, 3.63) is 36.0 Å². The van der Waals surface area contributed by atoms with Crippen LogP contribution >= 0.6 is 0 Å². The molecule has 1 aliphatic rings. The molecule has 0 bridgehead atoms. The van der Waals surface area contributed by atoms with Gasteiger partial charge in [0, 0.05) is 24.7 Å². The minimum atomic E-state index is -0.297. The van der Waals surface area contributed by atoms with Crippen molar-refractivity contribution in [3.8, 4) is 11.6 Å². The average molecular weight is 259 g/mol. The van der Waals surface area contributed by atoms with Gasteiger partial charge in [0.05, 0.1) is 12.8 Å². The van der Waals surface area contributed by atoms with Gasteiger partial charge in [-0.25, -0.2) is 4.68 Å². The number of amides is 1. The number of hydrogen-bond donors (Lipinski definition) is 2. The number of ether oxygens (including phenoxy) is 1. The first-order valence-corrected chi connectivity index (χ1v) is 6.03. The number of fused-ring (bicyclic) bond motifs is 1. The lowest BCUT2D eigenvalue weighted by molar-refractivity contribution is 0.102. The molecule has 0 saturated carbocycles. The van der Waals surface area contributed by atoms with Crippen LogP contribution in [-0.4, -0.2) is 27.4 Å². The fraction of sp³-hybridized carbons (Fsp3) is 0.231. The van der Waals surface area contributed by atoms with Crippen LogP contribution in [0.5, 0.6) is 11.6 Å². The minimum absolute atomic E-state index is 0.103. The Hall–Kier alpha value is -2.50. The normalized spacial score (nSPS) is 13.5. The van der Waals surface area contributed by atoms with Crippen molar-refractivity contribution >= 4 is 11.6 Å². The molecule has 0 aliphatic carbocycles. The molecule has 0 spiro atoms. The van der Waals surface area contributed by atoms with Gasteiger partial charge in [0.25, 0.3) is 5.91 Å². The first kappa shape index (κ1) is 11.6. The van der Waals surface area contributed by atoms with E-state index in [4.69, 9.17) is 4.74 Å². The van der Waals surface area contributed by atoms with E-state index in [1.165, 1.54) is 12.3 Å². The number of aromatic nitrogens is 2. The van der Waals surface area contributed by atoms with Gasteiger partial charge in [-0.2, -0.15) is 5.10 Å². The lowest BCUT2D eigenvalue weighted by Gasteiger charge is -2.15. The predicted molar refractivity (Wildman–Crippen MR) is 68.4 cm³/mol. The molecule has 6 heteroatoms. The summed E-state index contributed by atoms with van der Waals surface area (Å²) >= 11 is 0. The molecule has 1 amide bonds. The van der Waals surface area contributed by atoms with Crippen LogP contribution < -0.4 is 10.1 Å². The van der Waals surface area contributed by atoms with E-state index in [2.05, 4.69) is 10.4 Å². The van der Waals surface area contributed by atoms with Gasteiger partial charge < -0.3 is 15.2 Å². The second-order valence-corrected chi connectivity index (χ2v) is 4.29. The number of phenols is 1. The molecule has 0 fully saturated rings. The van der Waals surface area contributed by atoms with Gasteiger partial charge in [-0.3, -0.25) is 4.79 Å². The molecular formula is C13H13N3O3. The summed E-state index contributed by atoms with van der Waals surface area (Å²) in [7, 11) is 0. The maximum absolute atomic E-state index is 12.1. The van der Waals surface area contributed by atoms with Gasteiger partial charge in [0.1, 0.15) is 11.3 Å². The summed E-state index contributed by atoms with van der Waals surface area (Å²) in [5.41, 5.74) is 0.934. The highest BCUT2D eigenvalue weighted by molar-refractivity contribution is 6.05. The SMILES string of the molecule is O=C(Nc1cccc(O)c1)c1cnn2c1OCCC2. The summed E-state index contributed by atoms with van der Waals surface area (Å²) in [6.07, 6.45) is 2.39. The number of rotatable bonds is 2. The number of phenolic OH excluding ortho intramolecular Hbond substituents is 1. The standard InChI is InChI=1S/C13H13N3O3/c17-10-4-1-3-9(7-10)15-12(18)11-8-14-16-5-2-6-19-13(11)16/h1,3-4,7-8,17H,2,5-6H2,(H,15,18). The molecule has 0 unspecified atom stereocenters. The van der Waals surface area contributed by atoms with Crippen LogP contribution in [0.3, 0.4) is 0 Å². The van der Waals surface area contributed by atoms with Gasteiger partial charge in [0.2, 0.25) is 5.88 Å². The van der Waals surface area contributed by atoms with E-state index in [1.807, 2.05) is 0 Å². The molecule has 1 aromatic heterocycles. The summed E-state index contributed by atoms with van der Waals surface area (Å²) in [5.74, 6) is 0.309. The fourth-order valence-electron chi connectivity index (χ4n) is 2.01. The smallest absolute Gasteiger partial charge is 0.262 e. The van der Waals surface area contributed by atoms with E-state index in [0.717, 1.165) is 13.0 Å². The number of anilines is 1. The number of carbonyl (C=O) groups is 1. The van der Waals surface area contributed by atoms with Gasteiger partial charge in [-0.1, -0.05) is 6.07 Å². The average Bonchev–Trinajstić information content (AvgIpc) is 2.82. The molecule has 2 heterocycles. The van der Waals surface area contributed by atoms with Crippen LogP contribution in [-0.2, 0) is 6.54 Å². The topological polar surface area (TPSA) is 76.4 Å². The zero-order valence-electron chi connectivity index (χ0n) is 10.2. The number of aryl methyl sites for hydroxylation is 1. The van der Waals surface area contributed by atoms with E-state index >= 15 is 0 Å². The van der Waals surface area contributed by atoms with Crippen molar-refractivity contribution in [2.45, 2.75) is 13.0 Å². The van der Waals surface area contributed by atoms with Gasteiger partial charge in [-0.15, -0.1) is 0 Å². The van der Waals surface area contributed by atoms with Crippen molar-refractivity contribution in [3.63, 3.8) is 0 Å². The Morgan fingerprint density at radius 1 is 1.47 bits per heavy atom. The highest BCUT2D eigenvalue weighted by Gasteiger charge is 2.21. The Labute approximate surface area is 109 Å². The van der Waals surface area contributed by atoms with E-state index in [0.29, 0.717) is 23.7 Å². The molecule has 19 heavy (non-hydrogen) atoms. The Kier molecular flexibility index (Phi) is 2.83. The highest BCUT2D eigenvalue weighted by atomic mass is 16.5. The minimum Gasteiger partial charge on any atom is -0.508 e. The summed E-state index contributed by atoms with van der Waals surface area (Å²) < 4.78 is 7.15. The third-order valence-corrected chi connectivity index (χ3v) is 2.89. The second-order valence-electron chi connectivity index (χ2n) is 4.29.